The van der Waals surface area contributed by atoms with Crippen LogP contribution in [0.25, 0.3) is 0 Å². The fraction of sp³-hybridized carbons (Fsp3) is 0.333. The van der Waals surface area contributed by atoms with Gasteiger partial charge in [-0.25, -0.2) is 4.39 Å². The molecule has 0 aliphatic carbocycles. The summed E-state index contributed by atoms with van der Waals surface area (Å²) in [6, 6.07) is 6.64. The fourth-order valence-electron chi connectivity index (χ4n) is 0.999. The molecule has 0 aliphatic rings. The number of hydrogen-bond donors (Lipinski definition) is 1. The van der Waals surface area contributed by atoms with Crippen molar-refractivity contribution in [3.63, 3.8) is 0 Å². The summed E-state index contributed by atoms with van der Waals surface area (Å²) in [5, 5.41) is 0. The molecular formula is C9H12FN. The third kappa shape index (κ3) is 2.68. The van der Waals surface area contributed by atoms with Gasteiger partial charge in [0.05, 0.1) is 0 Å². The first-order valence-electron chi connectivity index (χ1n) is 3.77. The van der Waals surface area contributed by atoms with Crippen LogP contribution in [0.5, 0.6) is 0 Å². The minimum Gasteiger partial charge on any atom is -0.330 e. The van der Waals surface area contributed by atoms with Crippen LogP contribution in [0.1, 0.15) is 12.0 Å². The van der Waals surface area contributed by atoms with E-state index in [1.54, 1.807) is 12.1 Å². The van der Waals surface area contributed by atoms with Crippen molar-refractivity contribution in [3.8, 4) is 0 Å². The predicted octanol–water partition coefficient (Wildman–Crippen LogP) is 1.72. The maximum Gasteiger partial charge on any atom is 0.123 e. The third-order valence-corrected chi connectivity index (χ3v) is 1.56. The van der Waals surface area contributed by atoms with E-state index in [2.05, 4.69) is 0 Å². The Balaban J connectivity index is 2.56. The molecule has 60 valence electrons. The topological polar surface area (TPSA) is 26.0 Å². The summed E-state index contributed by atoms with van der Waals surface area (Å²) in [5.74, 6) is -0.167. The fourth-order valence-corrected chi connectivity index (χ4v) is 0.999. The Labute approximate surface area is 66.0 Å². The predicted molar refractivity (Wildman–Crippen MR) is 43.8 cm³/mol. The maximum absolute atomic E-state index is 12.6. The normalized spacial score (nSPS) is 10.0. The Morgan fingerprint density at radius 3 is 2.82 bits per heavy atom. The third-order valence-electron chi connectivity index (χ3n) is 1.56. The molecule has 0 bridgehead atoms. The highest BCUT2D eigenvalue weighted by molar-refractivity contribution is 5.16. The van der Waals surface area contributed by atoms with Crippen LogP contribution in [0.4, 0.5) is 4.39 Å². The summed E-state index contributed by atoms with van der Waals surface area (Å²) in [7, 11) is 0. The number of aryl methyl sites for hydroxylation is 1. The van der Waals surface area contributed by atoms with Gasteiger partial charge in [-0.2, -0.15) is 0 Å². The molecule has 0 saturated carbocycles. The van der Waals surface area contributed by atoms with Crippen molar-refractivity contribution in [2.45, 2.75) is 12.8 Å². The average Bonchev–Trinajstić information content (AvgIpc) is 2.01. The lowest BCUT2D eigenvalue weighted by Crippen LogP contribution is -2.00. The van der Waals surface area contributed by atoms with E-state index in [0.29, 0.717) is 6.54 Å². The monoisotopic (exact) mass is 153 g/mol. The van der Waals surface area contributed by atoms with E-state index in [0.717, 1.165) is 18.4 Å². The highest BCUT2D eigenvalue weighted by Crippen LogP contribution is 2.05. The number of hydrogen-bond acceptors (Lipinski definition) is 1. The Hall–Kier alpha value is -0.890. The summed E-state index contributed by atoms with van der Waals surface area (Å²) in [4.78, 5) is 0. The summed E-state index contributed by atoms with van der Waals surface area (Å²) in [6.07, 6.45) is 1.79. The van der Waals surface area contributed by atoms with E-state index < -0.39 is 0 Å². The largest absolute Gasteiger partial charge is 0.330 e. The summed E-state index contributed by atoms with van der Waals surface area (Å²) in [6.45, 7) is 0.663. The Bertz CT molecular complexity index is 223. The van der Waals surface area contributed by atoms with Crippen LogP contribution in [0.3, 0.4) is 0 Å². The van der Waals surface area contributed by atoms with Gasteiger partial charge in [0, 0.05) is 0 Å². The smallest absolute Gasteiger partial charge is 0.123 e. The minimum absolute atomic E-state index is 0.167. The molecule has 0 unspecified atom stereocenters. The quantitative estimate of drug-likeness (QED) is 0.703. The van der Waals surface area contributed by atoms with Crippen molar-refractivity contribution < 1.29 is 4.39 Å². The molecule has 0 amide bonds. The molecule has 1 aromatic rings. The van der Waals surface area contributed by atoms with Crippen molar-refractivity contribution in [3.05, 3.63) is 35.6 Å². The molecule has 1 aromatic carbocycles. The van der Waals surface area contributed by atoms with Gasteiger partial charge in [-0.15, -0.1) is 0 Å². The first-order chi connectivity index (χ1) is 5.33. The van der Waals surface area contributed by atoms with Gasteiger partial charge in [0.1, 0.15) is 5.82 Å². The number of halogens is 1. The van der Waals surface area contributed by atoms with Gasteiger partial charge in [0.25, 0.3) is 0 Å². The van der Waals surface area contributed by atoms with Crippen LogP contribution in [0.2, 0.25) is 0 Å². The van der Waals surface area contributed by atoms with Crippen LogP contribution in [-0.4, -0.2) is 6.54 Å². The van der Waals surface area contributed by atoms with Crippen LogP contribution in [-0.2, 0) is 6.42 Å². The van der Waals surface area contributed by atoms with Crippen LogP contribution in [0, 0.1) is 5.82 Å². The van der Waals surface area contributed by atoms with Crippen molar-refractivity contribution >= 4 is 0 Å². The lowest BCUT2D eigenvalue weighted by atomic mass is 10.1. The maximum atomic E-state index is 12.6. The molecule has 0 spiro atoms. The zero-order valence-corrected chi connectivity index (χ0v) is 6.39. The van der Waals surface area contributed by atoms with E-state index >= 15 is 0 Å². The molecule has 0 radical (unpaired) electrons. The molecule has 0 aliphatic heterocycles. The molecule has 2 heteroatoms. The van der Waals surface area contributed by atoms with E-state index in [4.69, 9.17) is 5.73 Å². The van der Waals surface area contributed by atoms with Crippen molar-refractivity contribution in [2.75, 3.05) is 6.54 Å². The standard InChI is InChI=1S/C9H12FN/c10-9-5-1-3-8(7-9)4-2-6-11/h1,3,5,7H,2,4,6,11H2. The highest BCUT2D eigenvalue weighted by Gasteiger charge is 1.93. The van der Waals surface area contributed by atoms with Gasteiger partial charge in [0.15, 0.2) is 0 Å². The molecule has 2 N–H and O–H groups in total. The van der Waals surface area contributed by atoms with E-state index in [1.165, 1.54) is 6.07 Å². The lowest BCUT2D eigenvalue weighted by molar-refractivity contribution is 0.624. The second kappa shape index (κ2) is 4.09. The molecule has 0 saturated heterocycles. The summed E-state index contributed by atoms with van der Waals surface area (Å²) in [5.41, 5.74) is 6.34. The molecule has 1 nitrogen and oxygen atoms in total. The SMILES string of the molecule is NCCCc1cccc(F)c1. The highest BCUT2D eigenvalue weighted by atomic mass is 19.1. The molecular weight excluding hydrogens is 141 g/mol. The molecule has 0 atom stereocenters. The molecule has 0 heterocycles. The van der Waals surface area contributed by atoms with Crippen LogP contribution < -0.4 is 5.73 Å². The van der Waals surface area contributed by atoms with Crippen LogP contribution in [0.15, 0.2) is 24.3 Å². The van der Waals surface area contributed by atoms with Crippen LogP contribution >= 0.6 is 0 Å². The van der Waals surface area contributed by atoms with Gasteiger partial charge < -0.3 is 5.73 Å². The van der Waals surface area contributed by atoms with E-state index in [-0.39, 0.29) is 5.82 Å². The Morgan fingerprint density at radius 2 is 2.18 bits per heavy atom. The lowest BCUT2D eigenvalue weighted by Gasteiger charge is -1.98. The Kier molecular flexibility index (Phi) is 3.05. The van der Waals surface area contributed by atoms with Crippen molar-refractivity contribution in [2.24, 2.45) is 5.73 Å². The van der Waals surface area contributed by atoms with Gasteiger partial charge in [-0.1, -0.05) is 12.1 Å². The minimum atomic E-state index is -0.167. The first-order valence-corrected chi connectivity index (χ1v) is 3.77. The second-order valence-electron chi connectivity index (χ2n) is 2.52. The zero-order valence-electron chi connectivity index (χ0n) is 6.39. The summed E-state index contributed by atoms with van der Waals surface area (Å²) < 4.78 is 12.6. The number of nitrogens with two attached hydrogens (primary N) is 1. The van der Waals surface area contributed by atoms with Gasteiger partial charge in [-0.3, -0.25) is 0 Å². The van der Waals surface area contributed by atoms with Gasteiger partial charge in [-0.05, 0) is 37.1 Å². The first kappa shape index (κ1) is 8.21. The number of rotatable bonds is 3. The average molecular weight is 153 g/mol. The van der Waals surface area contributed by atoms with Gasteiger partial charge >= 0.3 is 0 Å². The Morgan fingerprint density at radius 1 is 1.36 bits per heavy atom. The number of benzene rings is 1. The summed E-state index contributed by atoms with van der Waals surface area (Å²) >= 11 is 0. The molecule has 11 heavy (non-hydrogen) atoms. The molecule has 1 rings (SSSR count). The van der Waals surface area contributed by atoms with E-state index in [1.807, 2.05) is 6.07 Å². The zero-order chi connectivity index (χ0) is 8.10. The van der Waals surface area contributed by atoms with Crippen molar-refractivity contribution in [1.82, 2.24) is 0 Å². The van der Waals surface area contributed by atoms with E-state index in [9.17, 15) is 4.39 Å². The molecule has 0 fully saturated rings. The second-order valence-corrected chi connectivity index (χ2v) is 2.52. The molecule has 0 aromatic heterocycles. The van der Waals surface area contributed by atoms with Crippen molar-refractivity contribution in [1.29, 1.82) is 0 Å². The van der Waals surface area contributed by atoms with Gasteiger partial charge in [0.2, 0.25) is 0 Å².